The summed E-state index contributed by atoms with van der Waals surface area (Å²) in [6.45, 7) is 6.26. The Morgan fingerprint density at radius 2 is 1.91 bits per heavy atom. The lowest BCUT2D eigenvalue weighted by atomic mass is 9.49. The smallest absolute Gasteiger partial charge is 0.331 e. The number of ether oxygens (including phenoxy) is 2. The average molecular weight is 302 g/mol. The summed E-state index contributed by atoms with van der Waals surface area (Å²) in [7, 11) is 0. The monoisotopic (exact) mass is 302 g/mol. The van der Waals surface area contributed by atoms with Gasteiger partial charge in [-0.15, -0.1) is 0 Å². The zero-order valence-corrected chi connectivity index (χ0v) is 13.3. The molecular formula is C18H22O4. The highest BCUT2D eigenvalue weighted by molar-refractivity contribution is 5.87. The van der Waals surface area contributed by atoms with Crippen LogP contribution in [0.5, 0.6) is 0 Å². The molecule has 1 saturated heterocycles. The molecule has 0 aromatic heterocycles. The van der Waals surface area contributed by atoms with Crippen LogP contribution in [0.4, 0.5) is 0 Å². The minimum atomic E-state index is -0.427. The molecule has 2 fully saturated rings. The molecule has 1 unspecified atom stereocenters. The Bertz CT molecular complexity index is 631. The van der Waals surface area contributed by atoms with Crippen molar-refractivity contribution < 1.29 is 19.1 Å². The lowest BCUT2D eigenvalue weighted by Crippen LogP contribution is -2.51. The lowest BCUT2D eigenvalue weighted by molar-refractivity contribution is -0.148. The van der Waals surface area contributed by atoms with Gasteiger partial charge in [-0.2, -0.15) is 0 Å². The third-order valence-electron chi connectivity index (χ3n) is 6.31. The van der Waals surface area contributed by atoms with Crippen LogP contribution >= 0.6 is 0 Å². The first kappa shape index (κ1) is 14.0. The molecule has 4 nitrogen and oxygen atoms in total. The van der Waals surface area contributed by atoms with E-state index in [4.69, 9.17) is 9.47 Å². The number of hydrogen-bond donors (Lipinski definition) is 0. The van der Waals surface area contributed by atoms with E-state index in [-0.39, 0.29) is 35.5 Å². The van der Waals surface area contributed by atoms with Gasteiger partial charge in [-0.05, 0) is 43.4 Å². The summed E-state index contributed by atoms with van der Waals surface area (Å²) in [5.41, 5.74) is 1.54. The third-order valence-corrected chi connectivity index (χ3v) is 6.31. The summed E-state index contributed by atoms with van der Waals surface area (Å²) in [5, 5.41) is 0. The molecule has 4 aliphatic rings. The summed E-state index contributed by atoms with van der Waals surface area (Å²) in [5.74, 6) is -0.208. The Labute approximate surface area is 130 Å². The maximum atomic E-state index is 12.5. The van der Waals surface area contributed by atoms with Crippen LogP contribution in [0, 0.1) is 16.7 Å². The molecule has 118 valence electrons. The quantitative estimate of drug-likeness (QED) is 0.699. The molecule has 0 radical (unpaired) electrons. The number of carbonyl (C=O) groups is 2. The molecular weight excluding hydrogens is 280 g/mol. The van der Waals surface area contributed by atoms with Gasteiger partial charge in [-0.25, -0.2) is 4.79 Å². The number of hydrogen-bond acceptors (Lipinski definition) is 4. The molecule has 1 saturated carbocycles. The normalized spacial score (nSPS) is 46.0. The van der Waals surface area contributed by atoms with Gasteiger partial charge in [0.1, 0.15) is 12.2 Å². The Hall–Kier alpha value is -1.58. The fraction of sp³-hybridized carbons (Fsp3) is 0.667. The van der Waals surface area contributed by atoms with Gasteiger partial charge < -0.3 is 9.47 Å². The van der Waals surface area contributed by atoms with Gasteiger partial charge >= 0.3 is 11.9 Å². The Balaban J connectivity index is 1.92. The van der Waals surface area contributed by atoms with E-state index in [1.807, 2.05) is 19.9 Å². The van der Waals surface area contributed by atoms with E-state index in [0.29, 0.717) is 0 Å². The van der Waals surface area contributed by atoms with E-state index in [1.165, 1.54) is 0 Å². The highest BCUT2D eigenvalue weighted by atomic mass is 16.6. The van der Waals surface area contributed by atoms with Crippen molar-refractivity contribution in [2.45, 2.75) is 58.7 Å². The number of carbonyl (C=O) groups excluding carboxylic acids is 2. The van der Waals surface area contributed by atoms with Crippen LogP contribution in [0.1, 0.15) is 46.5 Å². The van der Waals surface area contributed by atoms with E-state index >= 15 is 0 Å². The van der Waals surface area contributed by atoms with Gasteiger partial charge in [-0.1, -0.05) is 20.3 Å². The molecule has 5 atom stereocenters. The van der Waals surface area contributed by atoms with Crippen LogP contribution < -0.4 is 0 Å². The number of esters is 2. The molecule has 0 N–H and O–H groups in total. The van der Waals surface area contributed by atoms with E-state index in [0.717, 1.165) is 36.8 Å². The molecule has 0 aromatic rings. The fourth-order valence-corrected chi connectivity index (χ4v) is 5.33. The van der Waals surface area contributed by atoms with Crippen molar-refractivity contribution >= 4 is 11.9 Å². The third kappa shape index (κ3) is 1.53. The average Bonchev–Trinajstić information content (AvgIpc) is 2.72. The molecule has 0 amide bonds. The van der Waals surface area contributed by atoms with Gasteiger partial charge in [0.25, 0.3) is 0 Å². The van der Waals surface area contributed by atoms with Gasteiger partial charge in [0.2, 0.25) is 0 Å². The van der Waals surface area contributed by atoms with Crippen LogP contribution in [0.15, 0.2) is 23.3 Å². The van der Waals surface area contributed by atoms with Crippen molar-refractivity contribution in [3.63, 3.8) is 0 Å². The minimum Gasteiger partial charge on any atom is -0.457 e. The van der Waals surface area contributed by atoms with E-state index in [9.17, 15) is 9.59 Å². The second kappa shape index (κ2) is 4.24. The molecule has 2 aliphatic heterocycles. The Kier molecular flexibility index (Phi) is 2.71. The van der Waals surface area contributed by atoms with E-state index in [2.05, 4.69) is 6.92 Å². The van der Waals surface area contributed by atoms with Crippen molar-refractivity contribution in [3.8, 4) is 0 Å². The first-order chi connectivity index (χ1) is 10.4. The molecule has 0 aromatic carbocycles. The summed E-state index contributed by atoms with van der Waals surface area (Å²) in [4.78, 5) is 24.5. The van der Waals surface area contributed by atoms with Gasteiger partial charge in [0.05, 0.1) is 5.41 Å². The standard InChI is InChI=1S/C18H22O4/c1-4-12-10-8-13-15-17(2,11(10)9-14(19)21-12)6-5-7-18(15,3)16(20)22-13/h8-9,12-13,15H,4-7H2,1-3H3/t12-,13?,15-,17-,18+/m1/s1. The second-order valence-corrected chi connectivity index (χ2v) is 7.55. The molecule has 0 bridgehead atoms. The van der Waals surface area contributed by atoms with E-state index < -0.39 is 5.41 Å². The number of fused-ring (bicyclic) bond motifs is 2. The number of rotatable bonds is 1. The van der Waals surface area contributed by atoms with Gasteiger partial charge in [0, 0.05) is 17.4 Å². The zero-order valence-electron chi connectivity index (χ0n) is 13.3. The van der Waals surface area contributed by atoms with Crippen LogP contribution in [0.2, 0.25) is 0 Å². The maximum Gasteiger partial charge on any atom is 0.331 e. The first-order valence-corrected chi connectivity index (χ1v) is 8.26. The zero-order chi connectivity index (χ0) is 15.7. The molecule has 2 heterocycles. The lowest BCUT2D eigenvalue weighted by Gasteiger charge is -2.52. The van der Waals surface area contributed by atoms with Crippen molar-refractivity contribution in [2.24, 2.45) is 16.7 Å². The topological polar surface area (TPSA) is 52.6 Å². The van der Waals surface area contributed by atoms with Crippen molar-refractivity contribution in [3.05, 3.63) is 23.3 Å². The van der Waals surface area contributed by atoms with Gasteiger partial charge in [0.15, 0.2) is 0 Å². The number of cyclic esters (lactones) is 1. The summed E-state index contributed by atoms with van der Waals surface area (Å²) < 4.78 is 11.2. The minimum absolute atomic E-state index is 0.0789. The fourth-order valence-electron chi connectivity index (χ4n) is 5.33. The summed E-state index contributed by atoms with van der Waals surface area (Å²) in [6, 6.07) is 0. The van der Waals surface area contributed by atoms with Crippen LogP contribution in [-0.4, -0.2) is 24.1 Å². The predicted molar refractivity (Wildman–Crippen MR) is 79.8 cm³/mol. The molecule has 0 spiro atoms. The van der Waals surface area contributed by atoms with E-state index in [1.54, 1.807) is 6.08 Å². The molecule has 4 heteroatoms. The molecule has 4 rings (SSSR count). The SMILES string of the molecule is CC[C@H]1OC(=O)C=C2C1=CC1OC(=O)[C@@]3(C)CCC[C@@]2(C)[C@@H]13. The largest absolute Gasteiger partial charge is 0.457 e. The van der Waals surface area contributed by atoms with Crippen LogP contribution in [0.25, 0.3) is 0 Å². The molecule has 2 aliphatic carbocycles. The maximum absolute atomic E-state index is 12.5. The summed E-state index contributed by atoms with van der Waals surface area (Å²) >= 11 is 0. The molecule has 22 heavy (non-hydrogen) atoms. The highest BCUT2D eigenvalue weighted by Crippen LogP contribution is 2.64. The summed E-state index contributed by atoms with van der Waals surface area (Å²) in [6.07, 6.45) is 6.91. The van der Waals surface area contributed by atoms with Crippen LogP contribution in [0.3, 0.4) is 0 Å². The van der Waals surface area contributed by atoms with Gasteiger partial charge in [-0.3, -0.25) is 4.79 Å². The second-order valence-electron chi connectivity index (χ2n) is 7.55. The Morgan fingerprint density at radius 1 is 1.18 bits per heavy atom. The first-order valence-electron chi connectivity index (χ1n) is 8.26. The van der Waals surface area contributed by atoms with Crippen LogP contribution in [-0.2, 0) is 19.1 Å². The van der Waals surface area contributed by atoms with Crippen molar-refractivity contribution in [1.29, 1.82) is 0 Å². The van der Waals surface area contributed by atoms with Crippen molar-refractivity contribution in [2.75, 3.05) is 0 Å². The Morgan fingerprint density at radius 3 is 2.64 bits per heavy atom. The highest BCUT2D eigenvalue weighted by Gasteiger charge is 2.65. The van der Waals surface area contributed by atoms with Crippen molar-refractivity contribution in [1.82, 2.24) is 0 Å². The predicted octanol–water partition coefficient (Wildman–Crippen LogP) is 2.93.